The lowest BCUT2D eigenvalue weighted by molar-refractivity contribution is 0.628. The average Bonchev–Trinajstić information content (AvgIpc) is 2.29. The largest absolute Gasteiger partial charge is 0.324 e. The Hall–Kier alpha value is -1.81. The molecule has 0 amide bonds. The summed E-state index contributed by atoms with van der Waals surface area (Å²) < 4.78 is 12.8. The first-order chi connectivity index (χ1) is 8.08. The minimum Gasteiger partial charge on any atom is -0.324 e. The second kappa shape index (κ2) is 4.59. The molecule has 0 unspecified atom stereocenters. The average molecular weight is 231 g/mol. The maximum Gasteiger partial charge on any atom is 0.159 e. The number of nitrogens with two attached hydrogens (primary N) is 1. The predicted octanol–water partition coefficient (Wildman–Crippen LogP) is 2.61. The molecular formula is C13H14FN3. The van der Waals surface area contributed by atoms with Crippen molar-refractivity contribution < 1.29 is 4.39 Å². The van der Waals surface area contributed by atoms with Crippen molar-refractivity contribution in [3.8, 4) is 11.4 Å². The van der Waals surface area contributed by atoms with Crippen molar-refractivity contribution in [1.82, 2.24) is 9.97 Å². The van der Waals surface area contributed by atoms with E-state index < -0.39 is 0 Å². The molecule has 0 aliphatic rings. The molecule has 4 heteroatoms. The topological polar surface area (TPSA) is 51.8 Å². The maximum atomic E-state index is 12.8. The van der Waals surface area contributed by atoms with Gasteiger partial charge in [-0.1, -0.05) is 0 Å². The molecule has 1 atom stereocenters. The number of nitrogens with zero attached hydrogens (tertiary/aromatic N) is 2. The number of benzene rings is 1. The van der Waals surface area contributed by atoms with Crippen LogP contribution in [-0.2, 0) is 0 Å². The van der Waals surface area contributed by atoms with Gasteiger partial charge in [0.15, 0.2) is 5.82 Å². The Morgan fingerprint density at radius 2 is 1.88 bits per heavy atom. The molecular weight excluding hydrogens is 217 g/mol. The monoisotopic (exact) mass is 231 g/mol. The molecule has 88 valence electrons. The summed E-state index contributed by atoms with van der Waals surface area (Å²) in [5.41, 5.74) is 8.37. The van der Waals surface area contributed by atoms with Crippen molar-refractivity contribution in [1.29, 1.82) is 0 Å². The number of aromatic nitrogens is 2. The number of halogens is 1. The molecule has 3 nitrogen and oxygen atoms in total. The van der Waals surface area contributed by atoms with Crippen LogP contribution >= 0.6 is 0 Å². The molecule has 0 saturated carbocycles. The van der Waals surface area contributed by atoms with Gasteiger partial charge in [0.05, 0.1) is 0 Å². The Balaban J connectivity index is 2.41. The van der Waals surface area contributed by atoms with Crippen LogP contribution in [0.25, 0.3) is 11.4 Å². The Morgan fingerprint density at radius 3 is 2.41 bits per heavy atom. The minimum atomic E-state index is -0.266. The first-order valence-corrected chi connectivity index (χ1v) is 5.43. The van der Waals surface area contributed by atoms with Gasteiger partial charge < -0.3 is 5.73 Å². The first-order valence-electron chi connectivity index (χ1n) is 5.43. The highest BCUT2D eigenvalue weighted by Crippen LogP contribution is 2.18. The zero-order valence-electron chi connectivity index (χ0n) is 9.81. The Labute approximate surface area is 99.5 Å². The van der Waals surface area contributed by atoms with Gasteiger partial charge in [0.25, 0.3) is 0 Å². The summed E-state index contributed by atoms with van der Waals surface area (Å²) in [6.07, 6.45) is 1.73. The van der Waals surface area contributed by atoms with Crippen LogP contribution < -0.4 is 5.73 Å². The van der Waals surface area contributed by atoms with Crippen molar-refractivity contribution in [2.24, 2.45) is 5.73 Å². The van der Waals surface area contributed by atoms with E-state index in [1.807, 2.05) is 13.8 Å². The van der Waals surface area contributed by atoms with Gasteiger partial charge in [-0.3, -0.25) is 0 Å². The fraction of sp³-hybridized carbons (Fsp3) is 0.231. The molecule has 2 aromatic rings. The number of hydrogen-bond donors (Lipinski definition) is 1. The number of aryl methyl sites for hydroxylation is 1. The molecule has 2 rings (SSSR count). The third kappa shape index (κ3) is 2.47. The summed E-state index contributed by atoms with van der Waals surface area (Å²) in [7, 11) is 0. The summed E-state index contributed by atoms with van der Waals surface area (Å²) in [6.45, 7) is 3.79. The van der Waals surface area contributed by atoms with Crippen LogP contribution in [0.2, 0.25) is 0 Å². The molecule has 17 heavy (non-hydrogen) atoms. The van der Waals surface area contributed by atoms with Gasteiger partial charge in [0.1, 0.15) is 5.82 Å². The lowest BCUT2D eigenvalue weighted by Crippen LogP contribution is -2.09. The Bertz CT molecular complexity index is 521. The van der Waals surface area contributed by atoms with E-state index >= 15 is 0 Å². The molecule has 2 N–H and O–H groups in total. The lowest BCUT2D eigenvalue weighted by Gasteiger charge is -2.09. The highest BCUT2D eigenvalue weighted by atomic mass is 19.1. The van der Waals surface area contributed by atoms with Crippen LogP contribution in [0.15, 0.2) is 30.5 Å². The fourth-order valence-electron chi connectivity index (χ4n) is 1.66. The third-order valence-corrected chi connectivity index (χ3v) is 2.61. The molecule has 0 bridgehead atoms. The molecule has 0 spiro atoms. The zero-order valence-corrected chi connectivity index (χ0v) is 9.81. The van der Waals surface area contributed by atoms with Crippen LogP contribution in [0, 0.1) is 12.7 Å². The van der Waals surface area contributed by atoms with Crippen molar-refractivity contribution in [3.63, 3.8) is 0 Å². The maximum absolute atomic E-state index is 12.8. The smallest absolute Gasteiger partial charge is 0.159 e. The van der Waals surface area contributed by atoms with Crippen molar-refractivity contribution in [2.45, 2.75) is 19.9 Å². The van der Waals surface area contributed by atoms with E-state index in [1.54, 1.807) is 18.3 Å². The van der Waals surface area contributed by atoms with Crippen LogP contribution in [0.5, 0.6) is 0 Å². The summed E-state index contributed by atoms with van der Waals surface area (Å²) in [4.78, 5) is 8.63. The lowest BCUT2D eigenvalue weighted by atomic mass is 10.1. The molecule has 1 aromatic carbocycles. The van der Waals surface area contributed by atoms with Crippen LogP contribution in [0.1, 0.15) is 24.2 Å². The van der Waals surface area contributed by atoms with Gasteiger partial charge in [0.2, 0.25) is 0 Å². The van der Waals surface area contributed by atoms with Crippen LogP contribution in [-0.4, -0.2) is 9.97 Å². The van der Waals surface area contributed by atoms with Crippen LogP contribution in [0.3, 0.4) is 0 Å². The SMILES string of the molecule is Cc1nc(-c2ccc(F)cc2)ncc1[C@@H](C)N. The second-order valence-corrected chi connectivity index (χ2v) is 4.03. The summed E-state index contributed by atoms with van der Waals surface area (Å²) in [5.74, 6) is 0.324. The van der Waals surface area contributed by atoms with Crippen molar-refractivity contribution in [2.75, 3.05) is 0 Å². The van der Waals surface area contributed by atoms with Crippen molar-refractivity contribution in [3.05, 3.63) is 47.5 Å². The molecule has 0 aliphatic carbocycles. The highest BCUT2D eigenvalue weighted by Gasteiger charge is 2.08. The molecule has 0 radical (unpaired) electrons. The van der Waals surface area contributed by atoms with E-state index in [0.29, 0.717) is 5.82 Å². The summed E-state index contributed by atoms with van der Waals surface area (Å²) >= 11 is 0. The molecule has 0 aliphatic heterocycles. The summed E-state index contributed by atoms with van der Waals surface area (Å²) in [5, 5.41) is 0. The van der Waals surface area contributed by atoms with E-state index in [9.17, 15) is 4.39 Å². The van der Waals surface area contributed by atoms with E-state index in [2.05, 4.69) is 9.97 Å². The Kier molecular flexibility index (Phi) is 3.15. The zero-order chi connectivity index (χ0) is 12.4. The van der Waals surface area contributed by atoms with Gasteiger partial charge >= 0.3 is 0 Å². The van der Waals surface area contributed by atoms with E-state index in [-0.39, 0.29) is 11.9 Å². The first kappa shape index (κ1) is 11.7. The standard InChI is InChI=1S/C13H14FN3/c1-8(15)12-7-16-13(17-9(12)2)10-3-5-11(14)6-4-10/h3-8H,15H2,1-2H3/t8-/m1/s1. The van der Waals surface area contributed by atoms with Crippen LogP contribution in [0.4, 0.5) is 4.39 Å². The van der Waals surface area contributed by atoms with Gasteiger partial charge in [-0.2, -0.15) is 0 Å². The molecule has 1 heterocycles. The predicted molar refractivity (Wildman–Crippen MR) is 64.8 cm³/mol. The highest BCUT2D eigenvalue weighted by molar-refractivity contribution is 5.54. The quantitative estimate of drug-likeness (QED) is 0.864. The van der Waals surface area contributed by atoms with Gasteiger partial charge in [-0.05, 0) is 38.1 Å². The van der Waals surface area contributed by atoms with Gasteiger partial charge in [-0.25, -0.2) is 14.4 Å². The molecule has 1 aromatic heterocycles. The third-order valence-electron chi connectivity index (χ3n) is 2.61. The van der Waals surface area contributed by atoms with Gasteiger partial charge in [0, 0.05) is 29.1 Å². The molecule has 0 fully saturated rings. The van der Waals surface area contributed by atoms with E-state index in [4.69, 9.17) is 5.73 Å². The number of rotatable bonds is 2. The van der Waals surface area contributed by atoms with Crippen molar-refractivity contribution >= 4 is 0 Å². The number of hydrogen-bond acceptors (Lipinski definition) is 3. The Morgan fingerprint density at radius 1 is 1.24 bits per heavy atom. The van der Waals surface area contributed by atoms with Gasteiger partial charge in [-0.15, -0.1) is 0 Å². The molecule has 0 saturated heterocycles. The fourth-order valence-corrected chi connectivity index (χ4v) is 1.66. The summed E-state index contributed by atoms with van der Waals surface area (Å²) in [6, 6.07) is 6.03. The normalized spacial score (nSPS) is 12.5. The second-order valence-electron chi connectivity index (χ2n) is 4.03. The van der Waals surface area contributed by atoms with E-state index in [0.717, 1.165) is 16.8 Å². The minimum absolute atomic E-state index is 0.0859. The van der Waals surface area contributed by atoms with E-state index in [1.165, 1.54) is 12.1 Å².